The van der Waals surface area contributed by atoms with E-state index in [4.69, 9.17) is 14.2 Å². The Morgan fingerprint density at radius 2 is 0.571 bits per heavy atom. The summed E-state index contributed by atoms with van der Waals surface area (Å²) >= 11 is 0. The van der Waals surface area contributed by atoms with E-state index in [0.717, 1.165) is 89.9 Å². The summed E-state index contributed by atoms with van der Waals surface area (Å²) in [4.78, 5) is 38.0. The van der Waals surface area contributed by atoms with Gasteiger partial charge in [0.2, 0.25) is 0 Å². The van der Waals surface area contributed by atoms with Crippen LogP contribution in [0.15, 0.2) is 48.6 Å². The average Bonchev–Trinajstić information content (AvgIpc) is 3.28. The van der Waals surface area contributed by atoms with Crippen molar-refractivity contribution in [1.29, 1.82) is 0 Å². The van der Waals surface area contributed by atoms with Crippen molar-refractivity contribution >= 4 is 17.9 Å². The number of rotatable bonds is 49. The summed E-state index contributed by atoms with van der Waals surface area (Å²) in [6, 6.07) is 0. The second-order valence-electron chi connectivity index (χ2n) is 18.1. The van der Waals surface area contributed by atoms with E-state index in [2.05, 4.69) is 69.4 Å². The molecule has 0 radical (unpaired) electrons. The van der Waals surface area contributed by atoms with Crippen LogP contribution >= 0.6 is 0 Å². The molecule has 0 saturated heterocycles. The standard InChI is InChI=1S/C57H102O6/c1-4-7-10-13-16-19-22-24-26-28-29-30-32-33-35-38-41-44-47-50-56(59)62-53-54(52-61-55(58)49-46-43-40-37-21-18-15-12-9-6-3)63-57(60)51-48-45-42-39-36-34-31-27-25-23-20-17-14-11-8-5-2/h16,19,24,26-27,29-31,54H,4-15,17-18,20-23,25,28,32-53H2,1-3H3/b19-16-,26-24-,30-29-,31-27-. The van der Waals surface area contributed by atoms with E-state index in [9.17, 15) is 14.4 Å². The summed E-state index contributed by atoms with van der Waals surface area (Å²) in [5.41, 5.74) is 0. The Morgan fingerprint density at radius 3 is 0.937 bits per heavy atom. The van der Waals surface area contributed by atoms with Gasteiger partial charge >= 0.3 is 17.9 Å². The van der Waals surface area contributed by atoms with Crippen molar-refractivity contribution in [3.63, 3.8) is 0 Å². The van der Waals surface area contributed by atoms with Crippen molar-refractivity contribution in [2.75, 3.05) is 13.2 Å². The number of esters is 3. The average molecular weight is 883 g/mol. The zero-order chi connectivity index (χ0) is 45.8. The van der Waals surface area contributed by atoms with Gasteiger partial charge in [-0.1, -0.05) is 223 Å². The number of ether oxygens (including phenoxy) is 3. The molecule has 0 aromatic rings. The number of unbranched alkanes of at least 4 members (excludes halogenated alkanes) is 30. The molecule has 0 rings (SSSR count). The van der Waals surface area contributed by atoms with Crippen LogP contribution in [0, 0.1) is 0 Å². The Kier molecular flexibility index (Phi) is 49.8. The number of hydrogen-bond donors (Lipinski definition) is 0. The lowest BCUT2D eigenvalue weighted by atomic mass is 10.1. The van der Waals surface area contributed by atoms with Crippen LogP contribution < -0.4 is 0 Å². The Labute approximate surface area is 390 Å². The fraction of sp³-hybridized carbons (Fsp3) is 0.807. The van der Waals surface area contributed by atoms with E-state index < -0.39 is 6.10 Å². The van der Waals surface area contributed by atoms with Gasteiger partial charge < -0.3 is 14.2 Å². The van der Waals surface area contributed by atoms with E-state index in [-0.39, 0.29) is 31.1 Å². The van der Waals surface area contributed by atoms with Crippen LogP contribution in [0.3, 0.4) is 0 Å². The Balaban J connectivity index is 4.35. The minimum absolute atomic E-state index is 0.0785. The molecule has 366 valence electrons. The molecule has 0 aliphatic rings. The number of carbonyl (C=O) groups excluding carboxylic acids is 3. The SMILES string of the molecule is CCCCC/C=C\C/C=C\C/C=C\CCCCCCCCC(=O)OCC(COC(=O)CCCCCCCCCCCC)OC(=O)CCCCCCC/C=C\CCCCCCCCC. The van der Waals surface area contributed by atoms with Gasteiger partial charge in [0, 0.05) is 19.3 Å². The maximum Gasteiger partial charge on any atom is 0.306 e. The molecule has 0 spiro atoms. The first-order chi connectivity index (χ1) is 31.0. The fourth-order valence-electron chi connectivity index (χ4n) is 7.68. The largest absolute Gasteiger partial charge is 0.462 e. The first-order valence-electron chi connectivity index (χ1n) is 27.1. The first kappa shape index (κ1) is 60.4. The molecule has 0 aliphatic heterocycles. The first-order valence-corrected chi connectivity index (χ1v) is 27.1. The highest BCUT2D eigenvalue weighted by Crippen LogP contribution is 2.15. The minimum atomic E-state index is -0.779. The highest BCUT2D eigenvalue weighted by Gasteiger charge is 2.19. The molecule has 1 unspecified atom stereocenters. The van der Waals surface area contributed by atoms with Crippen LogP contribution in [0.1, 0.15) is 278 Å². The summed E-state index contributed by atoms with van der Waals surface area (Å²) in [7, 11) is 0. The third-order valence-electron chi connectivity index (χ3n) is 11.8. The van der Waals surface area contributed by atoms with Crippen LogP contribution in [0.25, 0.3) is 0 Å². The van der Waals surface area contributed by atoms with Crippen molar-refractivity contribution < 1.29 is 28.6 Å². The third-order valence-corrected chi connectivity index (χ3v) is 11.8. The number of hydrogen-bond acceptors (Lipinski definition) is 6. The van der Waals surface area contributed by atoms with Crippen molar-refractivity contribution in [2.24, 2.45) is 0 Å². The van der Waals surface area contributed by atoms with Gasteiger partial charge in [-0.05, 0) is 83.5 Å². The summed E-state index contributed by atoms with van der Waals surface area (Å²) in [5.74, 6) is -0.892. The van der Waals surface area contributed by atoms with Gasteiger partial charge in [-0.15, -0.1) is 0 Å². The zero-order valence-corrected chi connectivity index (χ0v) is 41.8. The van der Waals surface area contributed by atoms with Crippen molar-refractivity contribution in [3.8, 4) is 0 Å². The van der Waals surface area contributed by atoms with Gasteiger partial charge in [-0.2, -0.15) is 0 Å². The monoisotopic (exact) mass is 883 g/mol. The van der Waals surface area contributed by atoms with E-state index in [1.807, 2.05) is 0 Å². The molecule has 0 N–H and O–H groups in total. The van der Waals surface area contributed by atoms with Gasteiger partial charge in [0.05, 0.1) is 0 Å². The van der Waals surface area contributed by atoms with Crippen molar-refractivity contribution in [2.45, 2.75) is 284 Å². The topological polar surface area (TPSA) is 78.9 Å². The lowest BCUT2D eigenvalue weighted by molar-refractivity contribution is -0.167. The van der Waals surface area contributed by atoms with Crippen molar-refractivity contribution in [1.82, 2.24) is 0 Å². The molecule has 6 heteroatoms. The molecule has 0 heterocycles. The maximum atomic E-state index is 12.8. The maximum absolute atomic E-state index is 12.8. The summed E-state index contributed by atoms with van der Waals surface area (Å²) < 4.78 is 16.8. The Morgan fingerprint density at radius 1 is 0.317 bits per heavy atom. The molecule has 6 nitrogen and oxygen atoms in total. The molecule has 0 bridgehead atoms. The predicted octanol–water partition coefficient (Wildman–Crippen LogP) is 17.9. The number of carbonyl (C=O) groups is 3. The van der Waals surface area contributed by atoms with Gasteiger partial charge in [-0.3, -0.25) is 14.4 Å². The Hall–Kier alpha value is -2.63. The number of allylic oxidation sites excluding steroid dienone is 8. The van der Waals surface area contributed by atoms with Crippen LogP contribution in [-0.4, -0.2) is 37.2 Å². The minimum Gasteiger partial charge on any atom is -0.462 e. The van der Waals surface area contributed by atoms with Crippen LogP contribution in [-0.2, 0) is 28.6 Å². The summed E-state index contributed by atoms with van der Waals surface area (Å²) in [5, 5.41) is 0. The van der Waals surface area contributed by atoms with Gasteiger partial charge in [-0.25, -0.2) is 0 Å². The van der Waals surface area contributed by atoms with E-state index >= 15 is 0 Å². The smallest absolute Gasteiger partial charge is 0.306 e. The molecule has 0 saturated carbocycles. The lowest BCUT2D eigenvalue weighted by Crippen LogP contribution is -2.30. The summed E-state index contributed by atoms with van der Waals surface area (Å²) in [6.07, 6.45) is 62.4. The van der Waals surface area contributed by atoms with Gasteiger partial charge in [0.1, 0.15) is 13.2 Å². The van der Waals surface area contributed by atoms with Crippen LogP contribution in [0.2, 0.25) is 0 Å². The molecular weight excluding hydrogens is 781 g/mol. The second-order valence-corrected chi connectivity index (χ2v) is 18.1. The fourth-order valence-corrected chi connectivity index (χ4v) is 7.68. The van der Waals surface area contributed by atoms with Crippen molar-refractivity contribution in [3.05, 3.63) is 48.6 Å². The summed E-state index contributed by atoms with van der Waals surface area (Å²) in [6.45, 7) is 6.60. The van der Waals surface area contributed by atoms with E-state index in [1.165, 1.54) is 148 Å². The molecule has 1 atom stereocenters. The highest BCUT2D eigenvalue weighted by atomic mass is 16.6. The van der Waals surface area contributed by atoms with Gasteiger partial charge in [0.25, 0.3) is 0 Å². The van der Waals surface area contributed by atoms with Crippen LogP contribution in [0.4, 0.5) is 0 Å². The lowest BCUT2D eigenvalue weighted by Gasteiger charge is -2.18. The van der Waals surface area contributed by atoms with Gasteiger partial charge in [0.15, 0.2) is 6.10 Å². The molecule has 0 fully saturated rings. The molecular formula is C57H102O6. The predicted molar refractivity (Wildman–Crippen MR) is 270 cm³/mol. The second kappa shape index (κ2) is 52.0. The molecule has 63 heavy (non-hydrogen) atoms. The Bertz CT molecular complexity index is 1110. The molecule has 0 aromatic heterocycles. The van der Waals surface area contributed by atoms with E-state index in [1.54, 1.807) is 0 Å². The third kappa shape index (κ3) is 50.2. The van der Waals surface area contributed by atoms with Crippen LogP contribution in [0.5, 0.6) is 0 Å². The molecule has 0 amide bonds. The van der Waals surface area contributed by atoms with E-state index in [0.29, 0.717) is 19.3 Å². The molecule has 0 aromatic carbocycles. The quantitative estimate of drug-likeness (QED) is 0.0262. The highest BCUT2D eigenvalue weighted by molar-refractivity contribution is 5.71. The normalized spacial score (nSPS) is 12.4. The zero-order valence-electron chi connectivity index (χ0n) is 41.8. The molecule has 0 aliphatic carbocycles.